The lowest BCUT2D eigenvalue weighted by Crippen LogP contribution is -2.16. The summed E-state index contributed by atoms with van der Waals surface area (Å²) in [6.07, 6.45) is 13.2. The number of aromatic nitrogens is 4. The molecule has 1 aromatic carbocycles. The predicted octanol–water partition coefficient (Wildman–Crippen LogP) is 5.84. The average molecular weight is 466 g/mol. The van der Waals surface area contributed by atoms with Gasteiger partial charge in [-0.25, -0.2) is 14.4 Å². The van der Waals surface area contributed by atoms with E-state index in [1.54, 1.807) is 30.6 Å². The van der Waals surface area contributed by atoms with Crippen LogP contribution >= 0.6 is 0 Å². The first-order valence-corrected chi connectivity index (χ1v) is 11.5. The first-order chi connectivity index (χ1) is 16.9. The minimum Gasteiger partial charge on any atom is -0.327 e. The molecular weight excluding hydrogens is 441 g/mol. The summed E-state index contributed by atoms with van der Waals surface area (Å²) in [5.41, 5.74) is 2.90. The topological polar surface area (TPSA) is 72.7 Å². The van der Waals surface area contributed by atoms with Crippen LogP contribution in [0, 0.1) is 18.2 Å². The number of rotatable bonds is 6. The van der Waals surface area contributed by atoms with E-state index in [0.29, 0.717) is 23.0 Å². The fourth-order valence-corrected chi connectivity index (χ4v) is 4.00. The van der Waals surface area contributed by atoms with Crippen LogP contribution in [-0.2, 0) is 0 Å². The monoisotopic (exact) mass is 465 g/mol. The zero-order valence-corrected chi connectivity index (χ0v) is 19.5. The molecule has 1 fully saturated rings. The van der Waals surface area contributed by atoms with Gasteiger partial charge in [0.05, 0.1) is 11.1 Å². The van der Waals surface area contributed by atoms with Crippen LogP contribution in [0.5, 0.6) is 0 Å². The Kier molecular flexibility index (Phi) is 5.87. The van der Waals surface area contributed by atoms with E-state index < -0.39 is 11.7 Å². The van der Waals surface area contributed by atoms with Crippen LogP contribution in [0.1, 0.15) is 60.3 Å². The molecule has 0 unspecified atom stereocenters. The van der Waals surface area contributed by atoms with Gasteiger partial charge in [0.2, 0.25) is 0 Å². The van der Waals surface area contributed by atoms with Gasteiger partial charge in [-0.1, -0.05) is 18.1 Å². The quantitative estimate of drug-likeness (QED) is 0.363. The first-order valence-electron chi connectivity index (χ1n) is 11.5. The highest BCUT2D eigenvalue weighted by Crippen LogP contribution is 2.39. The number of halogens is 1. The number of carbonyl (C=O) groups excluding carboxylic acids is 1. The van der Waals surface area contributed by atoms with Crippen LogP contribution in [0.4, 0.5) is 10.2 Å². The predicted molar refractivity (Wildman–Crippen MR) is 133 cm³/mol. The van der Waals surface area contributed by atoms with Gasteiger partial charge < -0.3 is 9.88 Å². The molecule has 1 aliphatic rings. The average Bonchev–Trinajstić information content (AvgIpc) is 3.59. The van der Waals surface area contributed by atoms with Crippen molar-refractivity contribution in [2.75, 3.05) is 5.32 Å². The molecule has 1 N–H and O–H groups in total. The Hall–Kier alpha value is -4.31. The third-order valence-corrected chi connectivity index (χ3v) is 6.03. The smallest absolute Gasteiger partial charge is 0.259 e. The summed E-state index contributed by atoms with van der Waals surface area (Å²) in [5, 5.41) is 2.70. The second-order valence-electron chi connectivity index (χ2n) is 8.89. The van der Waals surface area contributed by atoms with E-state index in [0.717, 1.165) is 24.1 Å². The van der Waals surface area contributed by atoms with Gasteiger partial charge in [-0.3, -0.25) is 9.78 Å². The summed E-state index contributed by atoms with van der Waals surface area (Å²) in [6, 6.07) is 12.4. The molecule has 3 aromatic heterocycles. The van der Waals surface area contributed by atoms with Gasteiger partial charge in [-0.05, 0) is 62.6 Å². The number of benzene rings is 1. The number of amides is 1. The fourth-order valence-electron chi connectivity index (χ4n) is 4.00. The van der Waals surface area contributed by atoms with E-state index in [4.69, 9.17) is 6.42 Å². The van der Waals surface area contributed by atoms with Gasteiger partial charge in [0.1, 0.15) is 11.5 Å². The molecule has 35 heavy (non-hydrogen) atoms. The molecule has 1 aliphatic carbocycles. The molecule has 0 radical (unpaired) electrons. The van der Waals surface area contributed by atoms with E-state index in [-0.39, 0.29) is 23.0 Å². The molecule has 0 atom stereocenters. The molecular formula is C28H24FN5O. The summed E-state index contributed by atoms with van der Waals surface area (Å²) in [5.74, 6) is 2.46. The Morgan fingerprint density at radius 3 is 2.69 bits per heavy atom. The SMILES string of the molecule is C#Cc1cc(-c2ccc(C3CC3)nc2)cc(C(=O)Nc2cccc(-c3nccn3C(C)C)n2)c1F. The Bertz CT molecular complexity index is 1450. The van der Waals surface area contributed by atoms with E-state index in [2.05, 4.69) is 26.2 Å². The van der Waals surface area contributed by atoms with Crippen LogP contribution in [-0.4, -0.2) is 25.4 Å². The number of anilines is 1. The molecule has 0 aliphatic heterocycles. The van der Waals surface area contributed by atoms with Crippen molar-refractivity contribution in [3.8, 4) is 35.0 Å². The summed E-state index contributed by atoms with van der Waals surface area (Å²) in [6.45, 7) is 4.09. The van der Waals surface area contributed by atoms with E-state index >= 15 is 4.39 Å². The maximum Gasteiger partial charge on any atom is 0.259 e. The number of carbonyl (C=O) groups is 1. The number of nitrogens with zero attached hydrogens (tertiary/aromatic N) is 4. The summed E-state index contributed by atoms with van der Waals surface area (Å²) < 4.78 is 17.1. The van der Waals surface area contributed by atoms with Crippen LogP contribution in [0.15, 0.2) is 61.1 Å². The molecule has 3 heterocycles. The second kappa shape index (κ2) is 9.15. The Balaban J connectivity index is 1.45. The van der Waals surface area contributed by atoms with Gasteiger partial charge in [-0.2, -0.15) is 0 Å². The van der Waals surface area contributed by atoms with Gasteiger partial charge >= 0.3 is 0 Å². The van der Waals surface area contributed by atoms with Crippen molar-refractivity contribution in [2.45, 2.75) is 38.6 Å². The number of hydrogen-bond acceptors (Lipinski definition) is 4. The molecule has 4 aromatic rings. The van der Waals surface area contributed by atoms with E-state index in [1.807, 2.05) is 42.8 Å². The lowest BCUT2D eigenvalue weighted by Gasteiger charge is -2.13. The minimum absolute atomic E-state index is 0.0135. The van der Waals surface area contributed by atoms with Crippen molar-refractivity contribution in [3.05, 3.63) is 83.7 Å². The number of terminal acetylenes is 1. The Morgan fingerprint density at radius 1 is 1.17 bits per heavy atom. The van der Waals surface area contributed by atoms with Crippen molar-refractivity contribution in [3.63, 3.8) is 0 Å². The van der Waals surface area contributed by atoms with Crippen molar-refractivity contribution in [2.24, 2.45) is 0 Å². The van der Waals surface area contributed by atoms with Crippen molar-refractivity contribution >= 4 is 11.7 Å². The van der Waals surface area contributed by atoms with Gasteiger partial charge in [0, 0.05) is 41.8 Å². The maximum absolute atomic E-state index is 15.1. The highest BCUT2D eigenvalue weighted by atomic mass is 19.1. The normalized spacial score (nSPS) is 13.0. The molecule has 1 amide bonds. The molecule has 1 saturated carbocycles. The fraction of sp³-hybridized carbons (Fsp3) is 0.214. The molecule has 0 saturated heterocycles. The lowest BCUT2D eigenvalue weighted by molar-refractivity contribution is 0.102. The zero-order valence-electron chi connectivity index (χ0n) is 19.5. The van der Waals surface area contributed by atoms with Crippen molar-refractivity contribution in [1.29, 1.82) is 0 Å². The molecule has 6 nitrogen and oxygen atoms in total. The summed E-state index contributed by atoms with van der Waals surface area (Å²) >= 11 is 0. The maximum atomic E-state index is 15.1. The van der Waals surface area contributed by atoms with Crippen LogP contribution in [0.2, 0.25) is 0 Å². The molecule has 5 rings (SSSR count). The second-order valence-corrected chi connectivity index (χ2v) is 8.89. The third kappa shape index (κ3) is 4.56. The summed E-state index contributed by atoms with van der Waals surface area (Å²) in [7, 11) is 0. The number of hydrogen-bond donors (Lipinski definition) is 1. The van der Waals surface area contributed by atoms with Crippen LogP contribution in [0.25, 0.3) is 22.6 Å². The van der Waals surface area contributed by atoms with Crippen molar-refractivity contribution in [1.82, 2.24) is 19.5 Å². The number of pyridine rings is 2. The standard InChI is InChI=1S/C28H24FN5O/c1-4-18-14-21(20-10-11-23(31-16-20)19-8-9-19)15-22(26(18)29)28(35)33-25-7-5-6-24(32-25)27-30-12-13-34(27)17(2)3/h1,5-7,10-17,19H,8-9H2,2-3H3,(H,32,33,35). The number of nitrogens with one attached hydrogen (secondary N) is 1. The highest BCUT2D eigenvalue weighted by molar-refractivity contribution is 6.05. The lowest BCUT2D eigenvalue weighted by atomic mass is 9.99. The van der Waals surface area contributed by atoms with Gasteiger partial charge in [0.25, 0.3) is 5.91 Å². The van der Waals surface area contributed by atoms with Gasteiger partial charge in [-0.15, -0.1) is 6.42 Å². The summed E-state index contributed by atoms with van der Waals surface area (Å²) in [4.78, 5) is 26.6. The number of imidazole rings is 1. The molecule has 0 spiro atoms. The van der Waals surface area contributed by atoms with E-state index in [9.17, 15) is 4.79 Å². The van der Waals surface area contributed by atoms with Crippen molar-refractivity contribution < 1.29 is 9.18 Å². The molecule has 0 bridgehead atoms. The largest absolute Gasteiger partial charge is 0.327 e. The van der Waals surface area contributed by atoms with Crippen LogP contribution < -0.4 is 5.32 Å². The third-order valence-electron chi connectivity index (χ3n) is 6.03. The first kappa shape index (κ1) is 22.5. The highest BCUT2D eigenvalue weighted by Gasteiger charge is 2.25. The minimum atomic E-state index is -0.747. The molecule has 7 heteroatoms. The van der Waals surface area contributed by atoms with Gasteiger partial charge in [0.15, 0.2) is 11.6 Å². The zero-order chi connectivity index (χ0) is 24.5. The Morgan fingerprint density at radius 2 is 2.00 bits per heavy atom. The van der Waals surface area contributed by atoms with E-state index in [1.165, 1.54) is 6.07 Å². The Labute approximate surface area is 203 Å². The van der Waals surface area contributed by atoms with Crippen LogP contribution in [0.3, 0.4) is 0 Å². The molecule has 174 valence electrons.